The molecule has 2 aromatic rings. The topological polar surface area (TPSA) is 84.1 Å². The van der Waals surface area contributed by atoms with Gasteiger partial charge in [-0.05, 0) is 43.5 Å². The fourth-order valence-corrected chi connectivity index (χ4v) is 3.43. The van der Waals surface area contributed by atoms with Crippen molar-refractivity contribution < 1.29 is 5.11 Å². The Hall–Kier alpha value is -1.50. The standard InChI is InChI=1S/C15H17ClN4OS/c16-9-1-5-12(6-2-9)22-13-8-18-15(17)20-14(13)19-10-3-4-11(21)7-10/h1-2,5-6,8,10-11,21H,3-4,7H2,(H3,17,18,19,20)/t10-,11-/m1/s1. The molecule has 22 heavy (non-hydrogen) atoms. The molecule has 3 rings (SSSR count). The molecule has 4 N–H and O–H groups in total. The molecule has 1 saturated carbocycles. The molecule has 7 heteroatoms. The summed E-state index contributed by atoms with van der Waals surface area (Å²) in [5.41, 5.74) is 5.70. The minimum atomic E-state index is -0.232. The van der Waals surface area contributed by atoms with Crippen molar-refractivity contribution in [3.05, 3.63) is 35.5 Å². The van der Waals surface area contributed by atoms with Crippen molar-refractivity contribution in [3.63, 3.8) is 0 Å². The van der Waals surface area contributed by atoms with Gasteiger partial charge in [-0.3, -0.25) is 0 Å². The van der Waals surface area contributed by atoms with E-state index in [2.05, 4.69) is 15.3 Å². The van der Waals surface area contributed by atoms with Gasteiger partial charge in [-0.1, -0.05) is 23.4 Å². The predicted molar refractivity (Wildman–Crippen MR) is 89.3 cm³/mol. The highest BCUT2D eigenvalue weighted by Crippen LogP contribution is 2.34. The Morgan fingerprint density at radius 3 is 2.73 bits per heavy atom. The van der Waals surface area contributed by atoms with E-state index in [1.54, 1.807) is 18.0 Å². The van der Waals surface area contributed by atoms with Gasteiger partial charge < -0.3 is 16.2 Å². The van der Waals surface area contributed by atoms with Gasteiger partial charge in [0.15, 0.2) is 0 Å². The minimum absolute atomic E-state index is 0.217. The zero-order chi connectivity index (χ0) is 15.5. The van der Waals surface area contributed by atoms with Crippen molar-refractivity contribution >= 4 is 35.1 Å². The number of hydrogen-bond donors (Lipinski definition) is 3. The Morgan fingerprint density at radius 2 is 2.05 bits per heavy atom. The highest BCUT2D eigenvalue weighted by Gasteiger charge is 2.24. The largest absolute Gasteiger partial charge is 0.393 e. The first-order chi connectivity index (χ1) is 10.6. The Kier molecular flexibility index (Phi) is 4.71. The average molecular weight is 337 g/mol. The van der Waals surface area contributed by atoms with Gasteiger partial charge in [0.2, 0.25) is 5.95 Å². The number of halogens is 1. The second-order valence-electron chi connectivity index (χ2n) is 5.31. The first kappa shape index (κ1) is 15.4. The highest BCUT2D eigenvalue weighted by molar-refractivity contribution is 7.99. The van der Waals surface area contributed by atoms with Crippen molar-refractivity contribution in [2.45, 2.75) is 41.2 Å². The molecule has 2 atom stereocenters. The summed E-state index contributed by atoms with van der Waals surface area (Å²) in [7, 11) is 0. The number of hydrogen-bond acceptors (Lipinski definition) is 6. The van der Waals surface area contributed by atoms with Crippen LogP contribution in [0.1, 0.15) is 19.3 Å². The Bertz CT molecular complexity index is 652. The molecular formula is C15H17ClN4OS. The third-order valence-corrected chi connectivity index (χ3v) is 4.84. The number of aliphatic hydroxyl groups is 1. The van der Waals surface area contributed by atoms with E-state index < -0.39 is 0 Å². The summed E-state index contributed by atoms with van der Waals surface area (Å²) < 4.78 is 0. The molecule has 1 aromatic carbocycles. The summed E-state index contributed by atoms with van der Waals surface area (Å²) in [6.45, 7) is 0. The third kappa shape index (κ3) is 3.82. The summed E-state index contributed by atoms with van der Waals surface area (Å²) in [4.78, 5) is 10.3. The van der Waals surface area contributed by atoms with Gasteiger partial charge in [-0.2, -0.15) is 4.98 Å². The van der Waals surface area contributed by atoms with E-state index >= 15 is 0 Å². The van der Waals surface area contributed by atoms with Crippen LogP contribution in [0.3, 0.4) is 0 Å². The molecular weight excluding hydrogens is 320 g/mol. The maximum atomic E-state index is 9.65. The van der Waals surface area contributed by atoms with Crippen molar-refractivity contribution in [2.24, 2.45) is 0 Å². The molecule has 0 aliphatic heterocycles. The molecule has 1 fully saturated rings. The molecule has 5 nitrogen and oxygen atoms in total. The molecule has 116 valence electrons. The number of benzene rings is 1. The Balaban J connectivity index is 1.79. The van der Waals surface area contributed by atoms with Crippen LogP contribution in [0, 0.1) is 0 Å². The van der Waals surface area contributed by atoms with Crippen LogP contribution in [0.25, 0.3) is 0 Å². The average Bonchev–Trinajstić information content (AvgIpc) is 2.89. The second kappa shape index (κ2) is 6.73. The van der Waals surface area contributed by atoms with Crippen LogP contribution >= 0.6 is 23.4 Å². The molecule has 1 heterocycles. The number of aromatic nitrogens is 2. The third-order valence-electron chi connectivity index (χ3n) is 3.56. The van der Waals surface area contributed by atoms with Crippen LogP contribution in [0.15, 0.2) is 40.3 Å². The predicted octanol–water partition coefficient (Wildman–Crippen LogP) is 3.19. The van der Waals surface area contributed by atoms with Crippen molar-refractivity contribution in [1.82, 2.24) is 9.97 Å². The number of anilines is 2. The number of nitrogens with zero attached hydrogens (tertiary/aromatic N) is 2. The highest BCUT2D eigenvalue weighted by atomic mass is 35.5. The van der Waals surface area contributed by atoms with Crippen LogP contribution in [-0.2, 0) is 0 Å². The van der Waals surface area contributed by atoms with Gasteiger partial charge in [-0.25, -0.2) is 4.98 Å². The monoisotopic (exact) mass is 336 g/mol. The number of aliphatic hydroxyl groups excluding tert-OH is 1. The number of nitrogens with two attached hydrogens (primary N) is 1. The van der Waals surface area contributed by atoms with E-state index in [-0.39, 0.29) is 18.1 Å². The summed E-state index contributed by atoms with van der Waals surface area (Å²) in [5, 5.41) is 13.7. The second-order valence-corrected chi connectivity index (χ2v) is 6.86. The lowest BCUT2D eigenvalue weighted by Gasteiger charge is -2.16. The maximum Gasteiger partial charge on any atom is 0.221 e. The normalized spacial score (nSPS) is 21.0. The van der Waals surface area contributed by atoms with Gasteiger partial charge in [0.05, 0.1) is 11.0 Å². The van der Waals surface area contributed by atoms with Crippen molar-refractivity contribution in [2.75, 3.05) is 11.1 Å². The zero-order valence-corrected chi connectivity index (χ0v) is 13.4. The van der Waals surface area contributed by atoms with E-state index in [1.165, 1.54) is 0 Å². The van der Waals surface area contributed by atoms with Crippen LogP contribution in [-0.4, -0.2) is 27.2 Å². The molecule has 0 spiro atoms. The van der Waals surface area contributed by atoms with Gasteiger partial charge >= 0.3 is 0 Å². The van der Waals surface area contributed by atoms with Crippen LogP contribution in [0.4, 0.5) is 11.8 Å². The number of nitrogens with one attached hydrogen (secondary N) is 1. The summed E-state index contributed by atoms with van der Waals surface area (Å²) in [6.07, 6.45) is 3.96. The van der Waals surface area contributed by atoms with E-state index in [9.17, 15) is 5.11 Å². The maximum absolute atomic E-state index is 9.65. The minimum Gasteiger partial charge on any atom is -0.393 e. The molecule has 0 amide bonds. The fraction of sp³-hybridized carbons (Fsp3) is 0.333. The van der Waals surface area contributed by atoms with Gasteiger partial charge in [0, 0.05) is 22.2 Å². The molecule has 0 unspecified atom stereocenters. The van der Waals surface area contributed by atoms with E-state index in [0.29, 0.717) is 10.8 Å². The van der Waals surface area contributed by atoms with Gasteiger partial charge in [0.25, 0.3) is 0 Å². The summed E-state index contributed by atoms with van der Waals surface area (Å²) >= 11 is 7.46. The lowest BCUT2D eigenvalue weighted by Crippen LogP contribution is -2.18. The van der Waals surface area contributed by atoms with E-state index in [4.69, 9.17) is 17.3 Å². The lowest BCUT2D eigenvalue weighted by molar-refractivity contribution is 0.182. The van der Waals surface area contributed by atoms with E-state index in [0.717, 1.165) is 29.1 Å². The van der Waals surface area contributed by atoms with Gasteiger partial charge in [0.1, 0.15) is 5.82 Å². The Labute approximate surface area is 138 Å². The van der Waals surface area contributed by atoms with Crippen LogP contribution < -0.4 is 11.1 Å². The lowest BCUT2D eigenvalue weighted by atomic mass is 10.2. The van der Waals surface area contributed by atoms with Crippen LogP contribution in [0.2, 0.25) is 5.02 Å². The molecule has 0 radical (unpaired) electrons. The smallest absolute Gasteiger partial charge is 0.221 e. The van der Waals surface area contributed by atoms with Crippen molar-refractivity contribution in [3.8, 4) is 0 Å². The quantitative estimate of drug-likeness (QED) is 0.795. The zero-order valence-electron chi connectivity index (χ0n) is 11.9. The van der Waals surface area contributed by atoms with E-state index in [1.807, 2.05) is 24.3 Å². The fourth-order valence-electron chi connectivity index (χ4n) is 2.47. The molecule has 0 saturated heterocycles. The SMILES string of the molecule is Nc1ncc(Sc2ccc(Cl)cc2)c(N[C@@H]2CC[C@@H](O)C2)n1. The molecule has 0 bridgehead atoms. The molecule has 1 aliphatic carbocycles. The summed E-state index contributed by atoms with van der Waals surface area (Å²) in [5.74, 6) is 0.952. The summed E-state index contributed by atoms with van der Waals surface area (Å²) in [6, 6.07) is 7.82. The van der Waals surface area contributed by atoms with Gasteiger partial charge in [-0.15, -0.1) is 0 Å². The first-order valence-electron chi connectivity index (χ1n) is 7.10. The molecule has 1 aromatic heterocycles. The Morgan fingerprint density at radius 1 is 1.27 bits per heavy atom. The van der Waals surface area contributed by atoms with Crippen molar-refractivity contribution in [1.29, 1.82) is 0 Å². The molecule has 1 aliphatic rings. The van der Waals surface area contributed by atoms with Crippen LogP contribution in [0.5, 0.6) is 0 Å². The number of nitrogen functional groups attached to an aromatic ring is 1. The number of rotatable bonds is 4. The first-order valence-corrected chi connectivity index (χ1v) is 8.30.